The molecular formula is C26H60O4Si2Ti. The summed E-state index contributed by atoms with van der Waals surface area (Å²) in [7, 11) is -0.743. The second kappa shape index (κ2) is 15.3. The molecule has 0 atom stereocenters. The van der Waals surface area contributed by atoms with E-state index in [-0.39, 0.29) is 0 Å². The third-order valence-electron chi connectivity index (χ3n) is 5.86. The first-order valence-corrected chi connectivity index (χ1v) is 21.1. The number of hydrogen-bond donors (Lipinski definition) is 0. The molecule has 0 aromatic heterocycles. The van der Waals surface area contributed by atoms with Crippen molar-refractivity contribution < 1.29 is 30.8 Å². The summed E-state index contributed by atoms with van der Waals surface area (Å²) in [6.45, 7) is 28.0. The molecule has 0 fully saturated rings. The zero-order valence-electron chi connectivity index (χ0n) is 24.8. The summed E-state index contributed by atoms with van der Waals surface area (Å²) < 4.78 is 27.3. The Labute approximate surface area is 215 Å². The maximum absolute atomic E-state index is 7.35. The summed E-state index contributed by atoms with van der Waals surface area (Å²) in [6, 6.07) is 6.83. The van der Waals surface area contributed by atoms with E-state index in [1.165, 1.54) is 0 Å². The van der Waals surface area contributed by atoms with E-state index in [4.69, 9.17) is 12.7 Å². The summed E-state index contributed by atoms with van der Waals surface area (Å²) >= 11 is -3.95. The average molecular weight is 541 g/mol. The predicted molar refractivity (Wildman–Crippen MR) is 146 cm³/mol. The molecule has 0 rings (SSSR count). The summed E-state index contributed by atoms with van der Waals surface area (Å²) in [5, 5.41) is 0. The first-order chi connectivity index (χ1) is 15.0. The van der Waals surface area contributed by atoms with Crippen molar-refractivity contribution >= 4 is 16.6 Å². The van der Waals surface area contributed by atoms with Crippen LogP contribution in [-0.4, -0.2) is 30.9 Å². The van der Waals surface area contributed by atoms with Gasteiger partial charge in [0.2, 0.25) is 0 Å². The van der Waals surface area contributed by atoms with Crippen LogP contribution in [0.15, 0.2) is 0 Å². The molecule has 0 amide bonds. The van der Waals surface area contributed by atoms with Crippen LogP contribution in [0.5, 0.6) is 0 Å². The molecule has 0 aliphatic carbocycles. The topological polar surface area (TPSA) is 36.9 Å². The van der Waals surface area contributed by atoms with Gasteiger partial charge in [0.25, 0.3) is 0 Å². The summed E-state index contributed by atoms with van der Waals surface area (Å²) in [4.78, 5) is 0. The second-order valence-corrected chi connectivity index (χ2v) is 25.4. The van der Waals surface area contributed by atoms with E-state index in [1.807, 2.05) is 0 Å². The Balaban J connectivity index is 6.53. The second-order valence-electron chi connectivity index (χ2n) is 13.1. The zero-order valence-corrected chi connectivity index (χ0v) is 28.4. The molecule has 200 valence electrons. The standard InChI is InChI=1S/2C12H27OSi.2CH3O.Ti/c2*1-10(2)7-14(13,8-11(3)4)9-12(5)6;2*1-2;/h2*10-12H,7-9H2,1-6H3;2*1H3;/q4*-1;+4. The van der Waals surface area contributed by atoms with Gasteiger partial charge in [-0.3, -0.25) is 0 Å². The van der Waals surface area contributed by atoms with Crippen LogP contribution >= 0.6 is 0 Å². The Morgan fingerprint density at radius 1 is 0.424 bits per heavy atom. The SMILES string of the molecule is C[O][Ti]([O]C)([O][Si](CC(C)C)(CC(C)C)CC(C)C)[O][Si](CC(C)C)(CC(C)C)CC(C)C. The van der Waals surface area contributed by atoms with Gasteiger partial charge in [-0.2, -0.15) is 0 Å². The van der Waals surface area contributed by atoms with Gasteiger partial charge in [0, 0.05) is 0 Å². The molecule has 0 heterocycles. The van der Waals surface area contributed by atoms with Gasteiger partial charge in [0.15, 0.2) is 0 Å². The van der Waals surface area contributed by atoms with Crippen molar-refractivity contribution in [2.24, 2.45) is 35.5 Å². The van der Waals surface area contributed by atoms with Gasteiger partial charge in [0.1, 0.15) is 0 Å². The van der Waals surface area contributed by atoms with Crippen LogP contribution in [0.25, 0.3) is 0 Å². The number of rotatable bonds is 18. The minimum atomic E-state index is -3.95. The van der Waals surface area contributed by atoms with Crippen molar-refractivity contribution in [3.8, 4) is 0 Å². The van der Waals surface area contributed by atoms with Crippen molar-refractivity contribution in [1.29, 1.82) is 0 Å². The van der Waals surface area contributed by atoms with E-state index in [0.717, 1.165) is 36.3 Å². The van der Waals surface area contributed by atoms with Crippen molar-refractivity contribution in [3.63, 3.8) is 0 Å². The molecule has 0 spiro atoms. The molecule has 0 aromatic rings. The quantitative estimate of drug-likeness (QED) is 0.163. The fraction of sp³-hybridized carbons (Fsp3) is 1.00. The first-order valence-electron chi connectivity index (χ1n) is 13.5. The van der Waals surface area contributed by atoms with Crippen LogP contribution in [0, 0.1) is 35.5 Å². The van der Waals surface area contributed by atoms with Gasteiger partial charge in [-0.1, -0.05) is 0 Å². The van der Waals surface area contributed by atoms with Gasteiger partial charge < -0.3 is 0 Å². The summed E-state index contributed by atoms with van der Waals surface area (Å²) in [6.07, 6.45) is 0. The van der Waals surface area contributed by atoms with Crippen LogP contribution in [-0.2, 0) is 30.8 Å². The molecule has 0 bridgehead atoms. The molecule has 0 N–H and O–H groups in total. The molecule has 0 saturated carbocycles. The van der Waals surface area contributed by atoms with Crippen LogP contribution in [0.3, 0.4) is 0 Å². The molecule has 0 saturated heterocycles. The van der Waals surface area contributed by atoms with Crippen LogP contribution < -0.4 is 0 Å². The monoisotopic (exact) mass is 540 g/mol. The molecule has 0 aromatic carbocycles. The average Bonchev–Trinajstić information content (AvgIpc) is 2.56. The van der Waals surface area contributed by atoms with Gasteiger partial charge in [0.05, 0.1) is 0 Å². The molecule has 0 radical (unpaired) electrons. The Morgan fingerprint density at radius 2 is 0.606 bits per heavy atom. The molecule has 7 heteroatoms. The third kappa shape index (κ3) is 13.2. The molecule has 33 heavy (non-hydrogen) atoms. The molecule has 4 nitrogen and oxygen atoms in total. The van der Waals surface area contributed by atoms with Gasteiger partial charge in [-0.05, 0) is 0 Å². The predicted octanol–water partition coefficient (Wildman–Crippen LogP) is 8.95. The fourth-order valence-electron chi connectivity index (χ4n) is 6.02. The molecular weight excluding hydrogens is 480 g/mol. The van der Waals surface area contributed by atoms with Crippen LogP contribution in [0.2, 0.25) is 36.3 Å². The Kier molecular flexibility index (Phi) is 15.7. The van der Waals surface area contributed by atoms with Gasteiger partial charge in [-0.25, -0.2) is 0 Å². The van der Waals surface area contributed by atoms with E-state index in [1.54, 1.807) is 14.2 Å². The van der Waals surface area contributed by atoms with E-state index < -0.39 is 34.8 Å². The maximum atomic E-state index is 7.35. The van der Waals surface area contributed by atoms with Crippen molar-refractivity contribution in [1.82, 2.24) is 0 Å². The molecule has 0 aliphatic rings. The Morgan fingerprint density at radius 3 is 0.727 bits per heavy atom. The first kappa shape index (κ1) is 34.0. The van der Waals surface area contributed by atoms with Gasteiger partial charge in [-0.15, -0.1) is 0 Å². The normalized spacial score (nSPS) is 14.2. The molecule has 0 unspecified atom stereocenters. The van der Waals surface area contributed by atoms with Gasteiger partial charge >= 0.3 is 217 Å². The molecule has 0 aliphatic heterocycles. The van der Waals surface area contributed by atoms with Crippen LogP contribution in [0.4, 0.5) is 0 Å². The van der Waals surface area contributed by atoms with Crippen molar-refractivity contribution in [2.45, 2.75) is 119 Å². The summed E-state index contributed by atoms with van der Waals surface area (Å²) in [5.74, 6) is 3.54. The zero-order chi connectivity index (χ0) is 26.0. The number of hydrogen-bond acceptors (Lipinski definition) is 4. The van der Waals surface area contributed by atoms with Crippen molar-refractivity contribution in [2.75, 3.05) is 14.2 Å². The fourth-order valence-corrected chi connectivity index (χ4v) is 27.7. The van der Waals surface area contributed by atoms with E-state index >= 15 is 0 Å². The van der Waals surface area contributed by atoms with E-state index in [0.29, 0.717) is 35.5 Å². The van der Waals surface area contributed by atoms with Crippen LogP contribution in [0.1, 0.15) is 83.1 Å². The Bertz CT molecular complexity index is 425. The third-order valence-corrected chi connectivity index (χ3v) is 24.6. The van der Waals surface area contributed by atoms with E-state index in [9.17, 15) is 0 Å². The summed E-state index contributed by atoms with van der Waals surface area (Å²) in [5.41, 5.74) is 0. The van der Waals surface area contributed by atoms with E-state index in [2.05, 4.69) is 83.1 Å². The minimum absolute atomic E-state index is 0.590. The Hall–Kier alpha value is 0.988. The van der Waals surface area contributed by atoms with Crippen molar-refractivity contribution in [3.05, 3.63) is 0 Å².